The molecule has 2 fully saturated rings. The first-order chi connectivity index (χ1) is 9.42. The molecule has 0 spiro atoms. The first-order valence-electron chi connectivity index (χ1n) is 8.51. The van der Waals surface area contributed by atoms with Gasteiger partial charge in [-0.15, -0.1) is 0 Å². The highest BCUT2D eigenvalue weighted by molar-refractivity contribution is 4.92. The summed E-state index contributed by atoms with van der Waals surface area (Å²) in [5, 5.41) is 12.8. The molecular weight excluding hydrogens is 248 g/mol. The van der Waals surface area contributed by atoms with Crippen molar-refractivity contribution in [2.24, 2.45) is 11.3 Å². The van der Waals surface area contributed by atoms with Crippen molar-refractivity contribution in [1.29, 1.82) is 0 Å². The Bertz CT molecular complexity index is 292. The average molecular weight is 282 g/mol. The second kappa shape index (κ2) is 6.76. The third-order valence-corrected chi connectivity index (χ3v) is 5.12. The van der Waals surface area contributed by atoms with Crippen molar-refractivity contribution in [2.45, 2.75) is 64.8 Å². The van der Waals surface area contributed by atoms with E-state index in [0.29, 0.717) is 12.0 Å². The molecular formula is C17H34N2O. The third kappa shape index (κ3) is 4.71. The normalized spacial score (nSPS) is 27.3. The van der Waals surface area contributed by atoms with Crippen LogP contribution in [0.2, 0.25) is 0 Å². The van der Waals surface area contributed by atoms with Gasteiger partial charge in [0.25, 0.3) is 0 Å². The van der Waals surface area contributed by atoms with E-state index in [1.807, 2.05) is 0 Å². The molecule has 0 bridgehead atoms. The number of rotatable bonds is 6. The second-order valence-electron chi connectivity index (χ2n) is 8.21. The molecule has 1 saturated carbocycles. The van der Waals surface area contributed by atoms with E-state index in [2.05, 4.69) is 31.0 Å². The molecule has 0 amide bonds. The van der Waals surface area contributed by atoms with Gasteiger partial charge in [-0.05, 0) is 64.3 Å². The van der Waals surface area contributed by atoms with Gasteiger partial charge in [0.2, 0.25) is 0 Å². The molecule has 3 heteroatoms. The van der Waals surface area contributed by atoms with Crippen LogP contribution in [0.4, 0.5) is 0 Å². The van der Waals surface area contributed by atoms with Crippen LogP contribution in [-0.4, -0.2) is 48.3 Å². The van der Waals surface area contributed by atoms with Gasteiger partial charge in [-0.1, -0.05) is 12.8 Å². The first-order valence-corrected chi connectivity index (χ1v) is 8.51. The molecule has 118 valence electrons. The van der Waals surface area contributed by atoms with Gasteiger partial charge in [-0.2, -0.15) is 0 Å². The van der Waals surface area contributed by atoms with Gasteiger partial charge in [0.1, 0.15) is 0 Å². The molecule has 2 aliphatic rings. The van der Waals surface area contributed by atoms with Crippen LogP contribution in [0.1, 0.15) is 59.3 Å². The van der Waals surface area contributed by atoms with E-state index in [-0.39, 0.29) is 5.54 Å². The van der Waals surface area contributed by atoms with Gasteiger partial charge >= 0.3 is 0 Å². The molecule has 0 radical (unpaired) electrons. The molecule has 3 nitrogen and oxygen atoms in total. The highest BCUT2D eigenvalue weighted by Gasteiger charge is 2.37. The van der Waals surface area contributed by atoms with E-state index in [4.69, 9.17) is 5.11 Å². The molecule has 1 heterocycles. The maximum atomic E-state index is 9.09. The van der Waals surface area contributed by atoms with Crippen molar-refractivity contribution in [2.75, 3.05) is 32.8 Å². The summed E-state index contributed by atoms with van der Waals surface area (Å²) in [7, 11) is 0. The minimum Gasteiger partial charge on any atom is -0.396 e. The molecule has 0 aromatic rings. The summed E-state index contributed by atoms with van der Waals surface area (Å²) in [6.45, 7) is 12.0. The average Bonchev–Trinajstić information content (AvgIpc) is 2.98. The zero-order chi connectivity index (χ0) is 14.6. The Kier molecular flexibility index (Phi) is 5.49. The summed E-state index contributed by atoms with van der Waals surface area (Å²) in [5.41, 5.74) is 0.724. The van der Waals surface area contributed by atoms with E-state index < -0.39 is 0 Å². The van der Waals surface area contributed by atoms with Gasteiger partial charge in [0.05, 0.1) is 0 Å². The number of nitrogens with zero attached hydrogens (tertiary/aromatic N) is 1. The van der Waals surface area contributed by atoms with Crippen molar-refractivity contribution in [3.8, 4) is 0 Å². The third-order valence-electron chi connectivity index (χ3n) is 5.12. The lowest BCUT2D eigenvalue weighted by Crippen LogP contribution is -2.47. The van der Waals surface area contributed by atoms with Crippen LogP contribution < -0.4 is 5.32 Å². The lowest BCUT2D eigenvalue weighted by Gasteiger charge is -2.36. The molecule has 2 N–H and O–H groups in total. The quantitative estimate of drug-likeness (QED) is 0.786. The van der Waals surface area contributed by atoms with Gasteiger partial charge in [0.15, 0.2) is 0 Å². The van der Waals surface area contributed by atoms with Crippen LogP contribution in [0.15, 0.2) is 0 Å². The second-order valence-corrected chi connectivity index (χ2v) is 8.21. The Morgan fingerprint density at radius 2 is 1.95 bits per heavy atom. The van der Waals surface area contributed by atoms with Crippen LogP contribution in [-0.2, 0) is 0 Å². The first kappa shape index (κ1) is 16.3. The molecule has 0 aromatic carbocycles. The smallest absolute Gasteiger partial charge is 0.0434 e. The molecule has 20 heavy (non-hydrogen) atoms. The van der Waals surface area contributed by atoms with E-state index in [9.17, 15) is 0 Å². The summed E-state index contributed by atoms with van der Waals surface area (Å²) in [4.78, 5) is 2.66. The van der Waals surface area contributed by atoms with E-state index >= 15 is 0 Å². The van der Waals surface area contributed by atoms with Crippen LogP contribution in [0.25, 0.3) is 0 Å². The Balaban J connectivity index is 1.86. The monoisotopic (exact) mass is 282 g/mol. The Hall–Kier alpha value is -0.120. The summed E-state index contributed by atoms with van der Waals surface area (Å²) in [6.07, 6.45) is 7.85. The molecule has 0 aromatic heterocycles. The minimum absolute atomic E-state index is 0.222. The van der Waals surface area contributed by atoms with E-state index in [1.54, 1.807) is 0 Å². The van der Waals surface area contributed by atoms with Gasteiger partial charge < -0.3 is 15.3 Å². The highest BCUT2D eigenvalue weighted by Crippen LogP contribution is 2.39. The summed E-state index contributed by atoms with van der Waals surface area (Å²) < 4.78 is 0. The van der Waals surface area contributed by atoms with Gasteiger partial charge in [0, 0.05) is 31.8 Å². The van der Waals surface area contributed by atoms with Gasteiger partial charge in [-0.3, -0.25) is 0 Å². The fourth-order valence-electron chi connectivity index (χ4n) is 3.92. The number of hydrogen-bond donors (Lipinski definition) is 2. The summed E-state index contributed by atoms with van der Waals surface area (Å²) in [6, 6.07) is 0. The Labute approximate surface area is 125 Å². The van der Waals surface area contributed by atoms with E-state index in [1.165, 1.54) is 51.7 Å². The van der Waals surface area contributed by atoms with Crippen LogP contribution >= 0.6 is 0 Å². The maximum absolute atomic E-state index is 9.09. The largest absolute Gasteiger partial charge is 0.396 e. The van der Waals surface area contributed by atoms with Gasteiger partial charge in [-0.25, -0.2) is 0 Å². The zero-order valence-electron chi connectivity index (χ0n) is 13.7. The van der Waals surface area contributed by atoms with Crippen LogP contribution in [0.3, 0.4) is 0 Å². The number of aliphatic hydroxyl groups is 1. The number of nitrogens with one attached hydrogen (secondary N) is 1. The standard InChI is InChI=1S/C17H34N2O/c1-16(2,3)18-13-17(8-4-5-9-17)14-19-10-6-15(12-19)7-11-20/h15,18,20H,4-14H2,1-3H3. The molecule has 1 atom stereocenters. The lowest BCUT2D eigenvalue weighted by molar-refractivity contribution is 0.154. The lowest BCUT2D eigenvalue weighted by atomic mass is 9.84. The fraction of sp³-hybridized carbons (Fsp3) is 1.00. The highest BCUT2D eigenvalue weighted by atomic mass is 16.3. The number of aliphatic hydroxyl groups excluding tert-OH is 1. The van der Waals surface area contributed by atoms with Crippen molar-refractivity contribution in [1.82, 2.24) is 10.2 Å². The topological polar surface area (TPSA) is 35.5 Å². The molecule has 1 aliphatic heterocycles. The fourth-order valence-corrected chi connectivity index (χ4v) is 3.92. The molecule has 1 saturated heterocycles. The van der Waals surface area contributed by atoms with Crippen molar-refractivity contribution >= 4 is 0 Å². The number of hydrogen-bond acceptors (Lipinski definition) is 3. The van der Waals surface area contributed by atoms with Crippen molar-refractivity contribution in [3.05, 3.63) is 0 Å². The van der Waals surface area contributed by atoms with Crippen molar-refractivity contribution < 1.29 is 5.11 Å². The minimum atomic E-state index is 0.222. The summed E-state index contributed by atoms with van der Waals surface area (Å²) >= 11 is 0. The zero-order valence-corrected chi connectivity index (χ0v) is 13.7. The van der Waals surface area contributed by atoms with E-state index in [0.717, 1.165) is 18.9 Å². The van der Waals surface area contributed by atoms with Crippen molar-refractivity contribution in [3.63, 3.8) is 0 Å². The van der Waals surface area contributed by atoms with Crippen LogP contribution in [0, 0.1) is 11.3 Å². The maximum Gasteiger partial charge on any atom is 0.0434 e. The predicted octanol–water partition coefficient (Wildman–Crippen LogP) is 2.64. The SMILES string of the molecule is CC(C)(C)NCC1(CN2CCC(CCO)C2)CCCC1. The molecule has 2 rings (SSSR count). The Morgan fingerprint density at radius 1 is 1.25 bits per heavy atom. The van der Waals surface area contributed by atoms with Crippen LogP contribution in [0.5, 0.6) is 0 Å². The number of likely N-dealkylation sites (tertiary alicyclic amines) is 1. The predicted molar refractivity (Wildman–Crippen MR) is 84.9 cm³/mol. The molecule has 1 aliphatic carbocycles. The molecule has 1 unspecified atom stereocenters. The summed E-state index contributed by atoms with van der Waals surface area (Å²) in [5.74, 6) is 0.731. The Morgan fingerprint density at radius 3 is 2.55 bits per heavy atom.